The van der Waals surface area contributed by atoms with Crippen LogP contribution in [0, 0.1) is 11.8 Å². The first-order chi connectivity index (χ1) is 11.3. The first-order valence-corrected chi connectivity index (χ1v) is 12.4. The lowest BCUT2D eigenvalue weighted by atomic mass is 9.79. The molecule has 0 bridgehead atoms. The first-order valence-electron chi connectivity index (χ1n) is 10.1. The third-order valence-corrected chi connectivity index (χ3v) is 8.63. The molecule has 0 aliphatic carbocycles. The molecule has 0 radical (unpaired) electrons. The zero-order valence-corrected chi connectivity index (χ0v) is 19.7. The molecule has 0 saturated carbocycles. The standard InChI is InChI=1S/C16H23.2C4H9.Al/c1-8-12-9-13(15(2,3)4)11-14(10-12)16(5,6)7;2*1-4(2)3;/h1,8-11H,2-7H3;2*4H,1H2,2-3H3;. The maximum atomic E-state index is 2.61. The van der Waals surface area contributed by atoms with Crippen molar-refractivity contribution in [3.05, 3.63) is 39.8 Å². The third-order valence-electron chi connectivity index (χ3n) is 4.80. The van der Waals surface area contributed by atoms with Gasteiger partial charge in [0.05, 0.1) is 0 Å². The highest BCUT2D eigenvalue weighted by atomic mass is 27.2. The lowest BCUT2D eigenvalue weighted by Gasteiger charge is -2.26. The van der Waals surface area contributed by atoms with Crippen molar-refractivity contribution in [1.82, 2.24) is 0 Å². The molecule has 1 heteroatoms. The molecule has 1 aromatic rings. The third kappa shape index (κ3) is 8.15. The summed E-state index contributed by atoms with van der Waals surface area (Å²) >= 11 is -0.815. The highest BCUT2D eigenvalue weighted by Gasteiger charge is 2.21. The van der Waals surface area contributed by atoms with E-state index in [-0.39, 0.29) is 10.8 Å². The van der Waals surface area contributed by atoms with Crippen LogP contribution in [-0.2, 0) is 10.8 Å². The second-order valence-electron chi connectivity index (χ2n) is 10.7. The van der Waals surface area contributed by atoms with Crippen LogP contribution in [0.1, 0.15) is 85.9 Å². The Balaban J connectivity index is 3.21. The monoisotopic (exact) mass is 356 g/mol. The zero-order valence-electron chi connectivity index (χ0n) is 18.5. The fourth-order valence-electron chi connectivity index (χ4n) is 3.33. The summed E-state index contributed by atoms with van der Waals surface area (Å²) in [5.41, 5.74) is 4.67. The van der Waals surface area contributed by atoms with Gasteiger partial charge in [-0.2, -0.15) is 0 Å². The van der Waals surface area contributed by atoms with Crippen molar-refractivity contribution in [1.29, 1.82) is 0 Å². The van der Waals surface area contributed by atoms with Gasteiger partial charge in [-0.25, -0.2) is 0 Å². The molecule has 25 heavy (non-hydrogen) atoms. The summed E-state index contributed by atoms with van der Waals surface area (Å²) < 4.78 is 0. The molecule has 0 heterocycles. The Morgan fingerprint density at radius 3 is 1.48 bits per heavy atom. The molecule has 0 aromatic heterocycles. The second kappa shape index (κ2) is 8.92. The molecule has 0 amide bonds. The Morgan fingerprint density at radius 1 is 0.760 bits per heavy atom. The van der Waals surface area contributed by atoms with E-state index in [1.54, 1.807) is 0 Å². The van der Waals surface area contributed by atoms with Crippen LogP contribution in [0.3, 0.4) is 0 Å². The van der Waals surface area contributed by atoms with Gasteiger partial charge in [0.15, 0.2) is 0 Å². The van der Waals surface area contributed by atoms with Crippen LogP contribution in [0.2, 0.25) is 10.6 Å². The van der Waals surface area contributed by atoms with Gasteiger partial charge in [-0.1, -0.05) is 116 Å². The van der Waals surface area contributed by atoms with E-state index < -0.39 is 14.1 Å². The van der Waals surface area contributed by atoms with E-state index in [0.29, 0.717) is 0 Å². The summed E-state index contributed by atoms with van der Waals surface area (Å²) in [6.07, 6.45) is 2.44. The average Bonchev–Trinajstić information content (AvgIpc) is 2.41. The van der Waals surface area contributed by atoms with Gasteiger partial charge in [0.25, 0.3) is 14.1 Å². The fourth-order valence-corrected chi connectivity index (χ4v) is 6.75. The van der Waals surface area contributed by atoms with Crippen molar-refractivity contribution in [2.45, 2.75) is 90.6 Å². The Hall–Kier alpha value is -0.508. The van der Waals surface area contributed by atoms with Crippen molar-refractivity contribution < 1.29 is 0 Å². The first kappa shape index (κ1) is 22.5. The normalized spacial score (nSPS) is 13.3. The number of hydrogen-bond acceptors (Lipinski definition) is 0. The summed E-state index contributed by atoms with van der Waals surface area (Å²) in [6, 6.07) is 7.22. The van der Waals surface area contributed by atoms with E-state index >= 15 is 0 Å². The predicted molar refractivity (Wildman–Crippen MR) is 118 cm³/mol. The molecule has 1 aromatic carbocycles. The smallest absolute Gasteiger partial charge is 0.144 e. The van der Waals surface area contributed by atoms with Crippen LogP contribution in [0.25, 0.3) is 6.08 Å². The number of rotatable bonds is 6. The van der Waals surface area contributed by atoms with Crippen LogP contribution >= 0.6 is 0 Å². The molecule has 0 saturated heterocycles. The summed E-state index contributed by atoms with van der Waals surface area (Å²) in [5, 5.41) is 2.83. The molecule has 0 fully saturated rings. The van der Waals surface area contributed by atoms with Crippen molar-refractivity contribution in [3.8, 4) is 0 Å². The molecule has 0 spiro atoms. The van der Waals surface area contributed by atoms with Gasteiger partial charge < -0.3 is 0 Å². The largest absolute Gasteiger partial charge is 0.295 e. The fraction of sp³-hybridized carbons (Fsp3) is 0.667. The zero-order chi connectivity index (χ0) is 19.4. The second-order valence-corrected chi connectivity index (χ2v) is 13.6. The average molecular weight is 357 g/mol. The van der Waals surface area contributed by atoms with Crippen LogP contribution < -0.4 is 0 Å². The van der Waals surface area contributed by atoms with Crippen LogP contribution in [0.4, 0.5) is 0 Å². The minimum absolute atomic E-state index is 0.191. The van der Waals surface area contributed by atoms with Gasteiger partial charge in [-0.15, -0.1) is 4.94 Å². The lowest BCUT2D eigenvalue weighted by Crippen LogP contribution is -2.17. The van der Waals surface area contributed by atoms with Crippen LogP contribution in [0.15, 0.2) is 23.1 Å². The van der Waals surface area contributed by atoms with Crippen LogP contribution in [-0.4, -0.2) is 14.1 Å². The number of hydrogen-bond donors (Lipinski definition) is 0. The summed E-state index contributed by atoms with van der Waals surface area (Å²) in [4.78, 5) is 2.61. The molecular formula is C24H41Al. The van der Waals surface area contributed by atoms with Gasteiger partial charge >= 0.3 is 0 Å². The molecule has 0 unspecified atom stereocenters. The van der Waals surface area contributed by atoms with Crippen LogP contribution in [0.5, 0.6) is 0 Å². The van der Waals surface area contributed by atoms with E-state index in [0.717, 1.165) is 11.8 Å². The van der Waals surface area contributed by atoms with E-state index in [4.69, 9.17) is 0 Å². The van der Waals surface area contributed by atoms with E-state index in [1.807, 2.05) is 0 Å². The van der Waals surface area contributed by atoms with Gasteiger partial charge in [0.2, 0.25) is 0 Å². The lowest BCUT2D eigenvalue weighted by molar-refractivity contribution is 0.568. The number of benzene rings is 1. The Kier molecular flexibility index (Phi) is 8.04. The molecule has 0 nitrogen and oxygen atoms in total. The van der Waals surface area contributed by atoms with Gasteiger partial charge in [-0.3, -0.25) is 0 Å². The maximum absolute atomic E-state index is 2.61. The van der Waals surface area contributed by atoms with Gasteiger partial charge in [0.1, 0.15) is 0 Å². The highest BCUT2D eigenvalue weighted by molar-refractivity contribution is 6.65. The predicted octanol–water partition coefficient (Wildman–Crippen LogP) is 7.64. The van der Waals surface area contributed by atoms with Crippen molar-refractivity contribution >= 4 is 20.2 Å². The summed E-state index contributed by atoms with van der Waals surface area (Å²) in [5.74, 6) is 1.62. The topological polar surface area (TPSA) is 0 Å². The Morgan fingerprint density at radius 2 is 1.16 bits per heavy atom. The molecule has 1 rings (SSSR count). The minimum atomic E-state index is -0.815. The minimum Gasteiger partial charge on any atom is -0.144 e. The Bertz CT molecular complexity index is 522. The highest BCUT2D eigenvalue weighted by Crippen LogP contribution is 2.31. The molecule has 0 N–H and O–H groups in total. The van der Waals surface area contributed by atoms with Gasteiger partial charge in [-0.05, 0) is 27.5 Å². The van der Waals surface area contributed by atoms with Crippen molar-refractivity contribution in [2.75, 3.05) is 0 Å². The Labute approximate surface area is 162 Å². The molecule has 0 atom stereocenters. The maximum Gasteiger partial charge on any atom is 0.295 e. The van der Waals surface area contributed by atoms with E-state index in [9.17, 15) is 0 Å². The SMILES string of the molecule is CC(C)[CH2][Al](/[CH]=C/c1cc(C(C)(C)C)cc(C(C)(C)C)c1)[CH2]C(C)C. The molecular weight excluding hydrogens is 315 g/mol. The summed E-state index contributed by atoms with van der Waals surface area (Å²) in [6.45, 7) is 23.4. The molecule has 0 aliphatic heterocycles. The summed E-state index contributed by atoms with van der Waals surface area (Å²) in [7, 11) is 0. The molecule has 0 aliphatic rings. The van der Waals surface area contributed by atoms with Crippen molar-refractivity contribution in [2.24, 2.45) is 11.8 Å². The van der Waals surface area contributed by atoms with Crippen molar-refractivity contribution in [3.63, 3.8) is 0 Å². The van der Waals surface area contributed by atoms with E-state index in [1.165, 1.54) is 27.3 Å². The quantitative estimate of drug-likeness (QED) is 0.459. The van der Waals surface area contributed by atoms with Gasteiger partial charge in [0, 0.05) is 0 Å². The molecule has 140 valence electrons. The van der Waals surface area contributed by atoms with E-state index in [2.05, 4.69) is 98.5 Å².